The van der Waals surface area contributed by atoms with Gasteiger partial charge in [-0.2, -0.15) is 0 Å². The first-order valence-corrected chi connectivity index (χ1v) is 10.8. The molecule has 2 heteroatoms. The van der Waals surface area contributed by atoms with Gasteiger partial charge in [-0.1, -0.05) is 49.6 Å². The van der Waals surface area contributed by atoms with Gasteiger partial charge in [0.15, 0.2) is 0 Å². The fourth-order valence-electron chi connectivity index (χ4n) is 5.49. The third-order valence-electron chi connectivity index (χ3n) is 7.05. The molecule has 1 spiro atoms. The molecule has 0 N–H and O–H groups in total. The molecule has 2 aliphatic rings. The smallest absolute Gasteiger partial charge is 0.0691 e. The molecule has 0 bridgehead atoms. The number of hydrogen-bond donors (Lipinski definition) is 0. The molecule has 1 saturated carbocycles. The Bertz CT molecular complexity index is 735. The normalized spacial score (nSPS) is 24.3. The van der Waals surface area contributed by atoms with Crippen molar-refractivity contribution in [2.45, 2.75) is 82.1 Å². The zero-order valence-corrected chi connectivity index (χ0v) is 16.8. The fourth-order valence-corrected chi connectivity index (χ4v) is 5.49. The molecule has 27 heavy (non-hydrogen) atoms. The highest BCUT2D eigenvalue weighted by atomic mass is 16.5. The molecule has 1 atom stereocenters. The minimum absolute atomic E-state index is 0.161. The number of benzene rings is 1. The highest BCUT2D eigenvalue weighted by molar-refractivity contribution is 5.27. The van der Waals surface area contributed by atoms with E-state index in [0.29, 0.717) is 5.41 Å². The maximum absolute atomic E-state index is 6.39. The van der Waals surface area contributed by atoms with E-state index in [1.807, 2.05) is 12.4 Å². The van der Waals surface area contributed by atoms with E-state index in [4.69, 9.17) is 4.74 Å². The van der Waals surface area contributed by atoms with Crippen molar-refractivity contribution >= 4 is 0 Å². The number of aryl methyl sites for hydroxylation is 2. The topological polar surface area (TPSA) is 22.1 Å². The molecule has 1 aliphatic carbocycles. The summed E-state index contributed by atoms with van der Waals surface area (Å²) in [6, 6.07) is 13.4. The molecule has 2 heterocycles. The Balaban J connectivity index is 1.46. The second-order valence-electron chi connectivity index (χ2n) is 8.82. The molecule has 1 aromatic carbocycles. The zero-order chi connectivity index (χ0) is 18.6. The molecule has 0 amide bonds. The van der Waals surface area contributed by atoms with Crippen LogP contribution in [0.4, 0.5) is 0 Å². The number of rotatable bonds is 6. The van der Waals surface area contributed by atoms with E-state index in [9.17, 15) is 0 Å². The first kappa shape index (κ1) is 18.7. The van der Waals surface area contributed by atoms with Crippen molar-refractivity contribution in [2.24, 2.45) is 0 Å². The fraction of sp³-hybridized carbons (Fsp3) is 0.560. The minimum atomic E-state index is 0.161. The van der Waals surface area contributed by atoms with Crippen LogP contribution in [0, 0.1) is 6.92 Å². The van der Waals surface area contributed by atoms with Gasteiger partial charge < -0.3 is 4.74 Å². The molecule has 1 aromatic heterocycles. The van der Waals surface area contributed by atoms with Crippen molar-refractivity contribution in [3.8, 4) is 0 Å². The number of pyridine rings is 1. The van der Waals surface area contributed by atoms with Crippen molar-refractivity contribution in [3.05, 3.63) is 65.5 Å². The predicted octanol–water partition coefficient (Wildman–Crippen LogP) is 6.16. The second-order valence-corrected chi connectivity index (χ2v) is 8.82. The molecule has 1 aliphatic heterocycles. The Morgan fingerprint density at radius 2 is 1.81 bits per heavy atom. The van der Waals surface area contributed by atoms with Gasteiger partial charge in [0, 0.05) is 24.4 Å². The SMILES string of the molecule is Cc1ccncc1CCCC[C@@]1(c2ccccc2)CCOC2(CCCC2)C1. The van der Waals surface area contributed by atoms with Crippen molar-refractivity contribution < 1.29 is 4.74 Å². The van der Waals surface area contributed by atoms with E-state index in [1.54, 1.807) is 0 Å². The Morgan fingerprint density at radius 3 is 2.59 bits per heavy atom. The minimum Gasteiger partial charge on any atom is -0.375 e. The highest BCUT2D eigenvalue weighted by Crippen LogP contribution is 2.50. The van der Waals surface area contributed by atoms with Crippen LogP contribution in [0.3, 0.4) is 0 Å². The number of nitrogens with zero attached hydrogens (tertiary/aromatic N) is 1. The zero-order valence-electron chi connectivity index (χ0n) is 16.8. The molecule has 2 nitrogen and oxygen atoms in total. The molecule has 0 radical (unpaired) electrons. The van der Waals surface area contributed by atoms with Crippen LogP contribution in [-0.2, 0) is 16.6 Å². The van der Waals surface area contributed by atoms with Crippen LogP contribution < -0.4 is 0 Å². The first-order valence-electron chi connectivity index (χ1n) is 10.8. The molecule has 0 unspecified atom stereocenters. The van der Waals surface area contributed by atoms with Gasteiger partial charge in [0.1, 0.15) is 0 Å². The third-order valence-corrected chi connectivity index (χ3v) is 7.05. The van der Waals surface area contributed by atoms with E-state index >= 15 is 0 Å². The van der Waals surface area contributed by atoms with Crippen LogP contribution in [0.5, 0.6) is 0 Å². The lowest BCUT2D eigenvalue weighted by Crippen LogP contribution is -2.46. The van der Waals surface area contributed by atoms with Crippen LogP contribution >= 0.6 is 0 Å². The van der Waals surface area contributed by atoms with Crippen LogP contribution in [0.15, 0.2) is 48.8 Å². The Morgan fingerprint density at radius 1 is 1.00 bits per heavy atom. The molecule has 144 valence electrons. The standard InChI is InChI=1S/C25H33NO/c1-21-12-17-26-19-22(21)9-5-6-13-24(23-10-3-2-4-11-23)16-18-27-25(20-24)14-7-8-15-25/h2-4,10-12,17,19H,5-9,13-16,18,20H2,1H3/t24-/m1/s1. The number of hydrogen-bond acceptors (Lipinski definition) is 2. The van der Waals surface area contributed by atoms with Gasteiger partial charge in [0.05, 0.1) is 5.60 Å². The molecule has 2 fully saturated rings. The summed E-state index contributed by atoms with van der Waals surface area (Å²) in [5, 5.41) is 0. The quantitative estimate of drug-likeness (QED) is 0.573. The van der Waals surface area contributed by atoms with Crippen LogP contribution in [0.25, 0.3) is 0 Å². The van der Waals surface area contributed by atoms with E-state index in [2.05, 4.69) is 48.3 Å². The molecule has 2 aromatic rings. The number of aromatic nitrogens is 1. The second kappa shape index (κ2) is 8.14. The lowest BCUT2D eigenvalue weighted by molar-refractivity contribution is -0.104. The highest BCUT2D eigenvalue weighted by Gasteiger charge is 2.47. The van der Waals surface area contributed by atoms with Gasteiger partial charge in [-0.3, -0.25) is 4.98 Å². The van der Waals surface area contributed by atoms with Gasteiger partial charge in [0.25, 0.3) is 0 Å². The summed E-state index contributed by atoms with van der Waals surface area (Å²) in [6.07, 6.45) is 16.5. The van der Waals surface area contributed by atoms with E-state index in [-0.39, 0.29) is 5.60 Å². The Hall–Kier alpha value is -1.67. The van der Waals surface area contributed by atoms with Gasteiger partial charge in [-0.15, -0.1) is 0 Å². The maximum Gasteiger partial charge on any atom is 0.0691 e. The van der Waals surface area contributed by atoms with E-state index in [0.717, 1.165) is 13.0 Å². The van der Waals surface area contributed by atoms with Gasteiger partial charge in [0.2, 0.25) is 0 Å². The van der Waals surface area contributed by atoms with Crippen molar-refractivity contribution in [1.29, 1.82) is 0 Å². The molecular formula is C25H33NO. The van der Waals surface area contributed by atoms with Crippen LogP contribution in [0.1, 0.15) is 74.5 Å². The number of ether oxygens (including phenoxy) is 1. The lowest BCUT2D eigenvalue weighted by Gasteiger charge is -2.47. The average Bonchev–Trinajstić information content (AvgIpc) is 3.14. The van der Waals surface area contributed by atoms with Crippen LogP contribution in [-0.4, -0.2) is 17.2 Å². The van der Waals surface area contributed by atoms with Crippen molar-refractivity contribution in [1.82, 2.24) is 4.98 Å². The summed E-state index contributed by atoms with van der Waals surface area (Å²) in [4.78, 5) is 4.31. The summed E-state index contributed by atoms with van der Waals surface area (Å²) in [5.41, 5.74) is 4.78. The lowest BCUT2D eigenvalue weighted by atomic mass is 9.65. The average molecular weight is 364 g/mol. The van der Waals surface area contributed by atoms with Gasteiger partial charge in [-0.25, -0.2) is 0 Å². The maximum atomic E-state index is 6.39. The Kier molecular flexibility index (Phi) is 5.63. The van der Waals surface area contributed by atoms with Crippen molar-refractivity contribution in [2.75, 3.05) is 6.61 Å². The van der Waals surface area contributed by atoms with Gasteiger partial charge in [-0.05, 0) is 74.6 Å². The van der Waals surface area contributed by atoms with E-state index < -0.39 is 0 Å². The monoisotopic (exact) mass is 363 g/mol. The van der Waals surface area contributed by atoms with Crippen LogP contribution in [0.2, 0.25) is 0 Å². The summed E-state index contributed by atoms with van der Waals surface area (Å²) in [6.45, 7) is 3.13. The molecule has 1 saturated heterocycles. The molecular weight excluding hydrogens is 330 g/mol. The Labute approximate surface area is 164 Å². The predicted molar refractivity (Wildman–Crippen MR) is 111 cm³/mol. The molecule has 4 rings (SSSR count). The first-order chi connectivity index (χ1) is 13.2. The summed E-state index contributed by atoms with van der Waals surface area (Å²) >= 11 is 0. The summed E-state index contributed by atoms with van der Waals surface area (Å²) in [7, 11) is 0. The van der Waals surface area contributed by atoms with Crippen molar-refractivity contribution in [3.63, 3.8) is 0 Å². The van der Waals surface area contributed by atoms with Gasteiger partial charge >= 0.3 is 0 Å². The van der Waals surface area contributed by atoms with E-state index in [1.165, 1.54) is 74.5 Å². The summed E-state index contributed by atoms with van der Waals surface area (Å²) in [5.74, 6) is 0. The third kappa shape index (κ3) is 4.11. The largest absolute Gasteiger partial charge is 0.375 e. The number of unbranched alkanes of at least 4 members (excludes halogenated alkanes) is 1. The summed E-state index contributed by atoms with van der Waals surface area (Å²) < 4.78 is 6.39.